The molecule has 31 heavy (non-hydrogen) atoms. The van der Waals surface area contributed by atoms with Crippen LogP contribution in [0.25, 0.3) is 0 Å². The van der Waals surface area contributed by atoms with E-state index in [1.807, 2.05) is 0 Å². The molecule has 1 N–H and O–H groups in total. The Balaban J connectivity index is 1.87. The van der Waals surface area contributed by atoms with Crippen molar-refractivity contribution in [2.75, 3.05) is 19.5 Å². The number of benzene rings is 3. The molecule has 3 rings (SSSR count). The maximum Gasteiger partial charge on any atom is 0.420 e. The van der Waals surface area contributed by atoms with Crippen LogP contribution in [0.5, 0.6) is 23.0 Å². The molecule has 0 aliphatic heterocycles. The van der Waals surface area contributed by atoms with Crippen molar-refractivity contribution in [1.29, 1.82) is 0 Å². The third kappa shape index (κ3) is 5.25. The number of halogens is 4. The van der Waals surface area contributed by atoms with E-state index in [1.165, 1.54) is 50.6 Å². The molecule has 0 aliphatic carbocycles. The molecule has 0 bridgehead atoms. The largest absolute Gasteiger partial charge is 0.493 e. The second-order valence-corrected chi connectivity index (χ2v) is 6.29. The van der Waals surface area contributed by atoms with Gasteiger partial charge in [0.1, 0.15) is 22.9 Å². The van der Waals surface area contributed by atoms with E-state index in [0.29, 0.717) is 11.5 Å². The van der Waals surface area contributed by atoms with E-state index in [1.54, 1.807) is 0 Å². The van der Waals surface area contributed by atoms with E-state index in [-0.39, 0.29) is 17.0 Å². The van der Waals surface area contributed by atoms with Crippen molar-refractivity contribution in [3.63, 3.8) is 0 Å². The van der Waals surface area contributed by atoms with Crippen LogP contribution in [0.3, 0.4) is 0 Å². The number of alkyl halides is 3. The summed E-state index contributed by atoms with van der Waals surface area (Å²) >= 11 is 0. The SMILES string of the molecule is COc1ccc(C(=O)Nc2ccc(Oc3ccc(F)cc3)c(C(F)(F)F)c2)cc1OC. The van der Waals surface area contributed by atoms with Gasteiger partial charge in [-0.25, -0.2) is 4.39 Å². The van der Waals surface area contributed by atoms with Crippen molar-refractivity contribution in [3.05, 3.63) is 77.6 Å². The van der Waals surface area contributed by atoms with Gasteiger partial charge in [0.05, 0.1) is 14.2 Å². The summed E-state index contributed by atoms with van der Waals surface area (Å²) in [7, 11) is 2.83. The molecule has 3 aromatic rings. The van der Waals surface area contributed by atoms with Gasteiger partial charge >= 0.3 is 6.18 Å². The number of ether oxygens (including phenoxy) is 3. The first-order chi connectivity index (χ1) is 14.7. The number of carbonyl (C=O) groups is 1. The van der Waals surface area contributed by atoms with Gasteiger partial charge in [-0.3, -0.25) is 4.79 Å². The highest BCUT2D eigenvalue weighted by atomic mass is 19.4. The van der Waals surface area contributed by atoms with E-state index < -0.39 is 29.2 Å². The van der Waals surface area contributed by atoms with Gasteiger partial charge in [-0.1, -0.05) is 0 Å². The first-order valence-corrected chi connectivity index (χ1v) is 8.89. The molecular weight excluding hydrogens is 418 g/mol. The molecule has 0 radical (unpaired) electrons. The van der Waals surface area contributed by atoms with Crippen LogP contribution in [0.15, 0.2) is 60.7 Å². The molecule has 0 unspecified atom stereocenters. The highest BCUT2D eigenvalue weighted by Crippen LogP contribution is 2.40. The Kier molecular flexibility index (Phi) is 6.33. The fourth-order valence-electron chi connectivity index (χ4n) is 2.73. The molecule has 0 atom stereocenters. The number of carbonyl (C=O) groups excluding carboxylic acids is 1. The normalized spacial score (nSPS) is 11.0. The minimum Gasteiger partial charge on any atom is -0.493 e. The summed E-state index contributed by atoms with van der Waals surface area (Å²) in [6.07, 6.45) is -4.75. The van der Waals surface area contributed by atoms with Gasteiger partial charge in [-0.15, -0.1) is 0 Å². The van der Waals surface area contributed by atoms with E-state index in [4.69, 9.17) is 14.2 Å². The molecule has 3 aromatic carbocycles. The molecule has 162 valence electrons. The Morgan fingerprint density at radius 2 is 1.48 bits per heavy atom. The molecule has 0 aliphatic rings. The number of nitrogens with one attached hydrogen (secondary N) is 1. The van der Waals surface area contributed by atoms with Crippen LogP contribution in [0, 0.1) is 5.82 Å². The quantitative estimate of drug-likeness (QED) is 0.490. The molecule has 0 spiro atoms. The fourth-order valence-corrected chi connectivity index (χ4v) is 2.73. The van der Waals surface area contributed by atoms with Gasteiger partial charge in [0, 0.05) is 11.3 Å². The minimum absolute atomic E-state index is 0.0361. The van der Waals surface area contributed by atoms with Crippen LogP contribution in [0.1, 0.15) is 15.9 Å². The number of rotatable bonds is 6. The second-order valence-electron chi connectivity index (χ2n) is 6.29. The predicted octanol–water partition coefficient (Wildman–Crippen LogP) is 5.91. The zero-order valence-corrected chi connectivity index (χ0v) is 16.4. The lowest BCUT2D eigenvalue weighted by molar-refractivity contribution is -0.138. The second kappa shape index (κ2) is 8.95. The monoisotopic (exact) mass is 435 g/mol. The zero-order chi connectivity index (χ0) is 22.6. The third-order valence-corrected chi connectivity index (χ3v) is 4.23. The minimum atomic E-state index is -4.75. The maximum absolute atomic E-state index is 13.6. The maximum atomic E-state index is 13.6. The number of hydrogen-bond donors (Lipinski definition) is 1. The molecule has 5 nitrogen and oxygen atoms in total. The Morgan fingerprint density at radius 3 is 2.10 bits per heavy atom. The first kappa shape index (κ1) is 21.9. The summed E-state index contributed by atoms with van der Waals surface area (Å²) in [5.41, 5.74) is -1.02. The van der Waals surface area contributed by atoms with Crippen LogP contribution < -0.4 is 19.5 Å². The average Bonchev–Trinajstić information content (AvgIpc) is 2.75. The summed E-state index contributed by atoms with van der Waals surface area (Å²) in [4.78, 5) is 12.5. The molecule has 0 aromatic heterocycles. The van der Waals surface area contributed by atoms with E-state index in [0.717, 1.165) is 24.3 Å². The van der Waals surface area contributed by atoms with Gasteiger partial charge in [-0.05, 0) is 60.7 Å². The van der Waals surface area contributed by atoms with Crippen molar-refractivity contribution in [3.8, 4) is 23.0 Å². The Labute approximate surface area is 175 Å². The lowest BCUT2D eigenvalue weighted by Crippen LogP contribution is -2.14. The molecule has 0 heterocycles. The van der Waals surface area contributed by atoms with Crippen LogP contribution in [-0.2, 0) is 6.18 Å². The highest BCUT2D eigenvalue weighted by molar-refractivity contribution is 6.04. The summed E-state index contributed by atoms with van der Waals surface area (Å²) < 4.78 is 69.2. The van der Waals surface area contributed by atoms with Crippen molar-refractivity contribution in [2.45, 2.75) is 6.18 Å². The smallest absolute Gasteiger partial charge is 0.420 e. The summed E-state index contributed by atoms with van der Waals surface area (Å²) in [6, 6.07) is 12.0. The average molecular weight is 435 g/mol. The van der Waals surface area contributed by atoms with E-state index >= 15 is 0 Å². The van der Waals surface area contributed by atoms with Gasteiger partial charge in [0.15, 0.2) is 11.5 Å². The van der Waals surface area contributed by atoms with Gasteiger partial charge < -0.3 is 19.5 Å². The Morgan fingerprint density at radius 1 is 0.839 bits per heavy atom. The summed E-state index contributed by atoms with van der Waals surface area (Å²) in [6.45, 7) is 0. The van der Waals surface area contributed by atoms with Crippen molar-refractivity contribution >= 4 is 11.6 Å². The molecule has 0 fully saturated rings. The van der Waals surface area contributed by atoms with Gasteiger partial charge in [0.2, 0.25) is 0 Å². The predicted molar refractivity (Wildman–Crippen MR) is 105 cm³/mol. The van der Waals surface area contributed by atoms with Gasteiger partial charge in [0.25, 0.3) is 5.91 Å². The van der Waals surface area contributed by atoms with Crippen LogP contribution >= 0.6 is 0 Å². The molecule has 1 amide bonds. The van der Waals surface area contributed by atoms with Gasteiger partial charge in [-0.2, -0.15) is 13.2 Å². The summed E-state index contributed by atoms with van der Waals surface area (Å²) in [5.74, 6) is -0.926. The zero-order valence-electron chi connectivity index (χ0n) is 16.4. The lowest BCUT2D eigenvalue weighted by Gasteiger charge is -2.16. The Bertz CT molecular complexity index is 1080. The van der Waals surface area contributed by atoms with Crippen LogP contribution in [-0.4, -0.2) is 20.1 Å². The van der Waals surface area contributed by atoms with Crippen molar-refractivity contribution in [2.24, 2.45) is 0 Å². The third-order valence-electron chi connectivity index (χ3n) is 4.23. The van der Waals surface area contributed by atoms with E-state index in [2.05, 4.69) is 5.32 Å². The summed E-state index contributed by atoms with van der Waals surface area (Å²) in [5, 5.41) is 2.42. The fraction of sp³-hybridized carbons (Fsp3) is 0.136. The van der Waals surface area contributed by atoms with E-state index in [9.17, 15) is 22.4 Å². The van der Waals surface area contributed by atoms with Crippen LogP contribution in [0.4, 0.5) is 23.2 Å². The lowest BCUT2D eigenvalue weighted by atomic mass is 10.1. The Hall–Kier alpha value is -3.75. The number of amides is 1. The van der Waals surface area contributed by atoms with Crippen molar-refractivity contribution < 1.29 is 36.6 Å². The first-order valence-electron chi connectivity index (χ1n) is 8.89. The molecule has 9 heteroatoms. The number of hydrogen-bond acceptors (Lipinski definition) is 4. The molecule has 0 saturated carbocycles. The number of anilines is 1. The molecular formula is C22H17F4NO4. The molecule has 0 saturated heterocycles. The standard InChI is InChI=1S/C22H17F4NO4/c1-29-19-9-3-13(11-20(19)30-2)21(28)27-15-6-10-18(17(12-15)22(24,25)26)31-16-7-4-14(23)5-8-16/h3-12H,1-2H3,(H,27,28). The van der Waals surface area contributed by atoms with Crippen LogP contribution in [0.2, 0.25) is 0 Å². The topological polar surface area (TPSA) is 56.8 Å². The highest BCUT2D eigenvalue weighted by Gasteiger charge is 2.35. The van der Waals surface area contributed by atoms with Crippen molar-refractivity contribution in [1.82, 2.24) is 0 Å². The number of methoxy groups -OCH3 is 2.